The van der Waals surface area contributed by atoms with Crippen LogP contribution in [0, 0.1) is 0 Å². The highest BCUT2D eigenvalue weighted by atomic mass is 35.5. The zero-order valence-corrected chi connectivity index (χ0v) is 10.7. The van der Waals surface area contributed by atoms with Crippen molar-refractivity contribution in [1.29, 1.82) is 0 Å². The lowest BCUT2D eigenvalue weighted by molar-refractivity contribution is -0.141. The molecule has 0 amide bonds. The number of rotatable bonds is 5. The maximum atomic E-state index is 12.4. The molecule has 0 unspecified atom stereocenters. The van der Waals surface area contributed by atoms with Crippen LogP contribution in [0.4, 0.5) is 13.2 Å². The average molecular weight is 294 g/mol. The van der Waals surface area contributed by atoms with Crippen molar-refractivity contribution < 1.29 is 22.7 Å². The largest absolute Gasteiger partial charge is 0.433 e. The van der Waals surface area contributed by atoms with E-state index in [1.165, 1.54) is 19.3 Å². The second-order valence-corrected chi connectivity index (χ2v) is 3.98. The highest BCUT2D eigenvalue weighted by molar-refractivity contribution is 6.30. The molecule has 0 fully saturated rings. The fraction of sp³-hybridized carbons (Fsp3) is 0.333. The summed E-state index contributed by atoms with van der Waals surface area (Å²) in [6, 6.07) is 2.07. The molecule has 7 heteroatoms. The van der Waals surface area contributed by atoms with Gasteiger partial charge >= 0.3 is 6.18 Å². The molecule has 0 saturated carbocycles. The van der Waals surface area contributed by atoms with Crippen LogP contribution >= 0.6 is 11.6 Å². The van der Waals surface area contributed by atoms with E-state index in [0.717, 1.165) is 6.07 Å². The lowest BCUT2D eigenvalue weighted by Crippen LogP contribution is -2.10. The molecule has 1 rings (SSSR count). The summed E-state index contributed by atoms with van der Waals surface area (Å²) >= 11 is 5.66. The molecule has 1 atom stereocenters. The molecular weight excluding hydrogens is 283 g/mol. The van der Waals surface area contributed by atoms with Crippen molar-refractivity contribution >= 4 is 24.0 Å². The minimum atomic E-state index is -4.52. The van der Waals surface area contributed by atoms with Crippen molar-refractivity contribution in [3.05, 3.63) is 34.6 Å². The molecule has 0 bridgehead atoms. The molecule has 0 aliphatic carbocycles. The van der Waals surface area contributed by atoms with Gasteiger partial charge < -0.3 is 9.53 Å². The Labute approximate surface area is 113 Å². The van der Waals surface area contributed by atoms with Gasteiger partial charge in [-0.15, -0.1) is 0 Å². The highest BCUT2D eigenvalue weighted by Gasteiger charge is 2.32. The predicted octanol–water partition coefficient (Wildman–Crippen LogP) is 3.37. The zero-order chi connectivity index (χ0) is 14.5. The maximum absolute atomic E-state index is 12.4. The van der Waals surface area contributed by atoms with Gasteiger partial charge in [0.2, 0.25) is 0 Å². The van der Waals surface area contributed by atoms with Gasteiger partial charge in [-0.3, -0.25) is 0 Å². The maximum Gasteiger partial charge on any atom is 0.433 e. The van der Waals surface area contributed by atoms with Crippen LogP contribution in [0.25, 0.3) is 6.08 Å². The number of ether oxygens (including phenoxy) is 1. The van der Waals surface area contributed by atoms with Crippen molar-refractivity contribution in [1.82, 2.24) is 4.98 Å². The lowest BCUT2D eigenvalue weighted by Gasteiger charge is -2.07. The first-order valence-corrected chi connectivity index (χ1v) is 5.64. The third-order valence-electron chi connectivity index (χ3n) is 2.29. The molecule has 19 heavy (non-hydrogen) atoms. The Hall–Kier alpha value is -1.40. The monoisotopic (exact) mass is 293 g/mol. The van der Waals surface area contributed by atoms with E-state index in [9.17, 15) is 18.0 Å². The van der Waals surface area contributed by atoms with Gasteiger partial charge in [0, 0.05) is 12.7 Å². The second kappa shape index (κ2) is 6.68. The van der Waals surface area contributed by atoms with Crippen LogP contribution in [0.5, 0.6) is 0 Å². The van der Waals surface area contributed by atoms with E-state index in [0.29, 0.717) is 18.3 Å². The standard InChI is InChI=1S/C12H11ClF3NO2/c1-19-9(7-18)4-2-3-8-5-6-10(12(14,15)16)17-11(8)13/h2-3,5-7,9H,4H2,1H3/b3-2+/t9-/m0/s1. The number of nitrogens with zero attached hydrogens (tertiary/aromatic N) is 1. The summed E-state index contributed by atoms with van der Waals surface area (Å²) in [5.41, 5.74) is -0.701. The SMILES string of the molecule is CO[C@H](C=O)C/C=C/c1ccc(C(F)(F)F)nc1Cl. The molecule has 0 radical (unpaired) electrons. The van der Waals surface area contributed by atoms with Gasteiger partial charge in [0.1, 0.15) is 23.2 Å². The number of hydrogen-bond acceptors (Lipinski definition) is 3. The van der Waals surface area contributed by atoms with Crippen LogP contribution < -0.4 is 0 Å². The fourth-order valence-electron chi connectivity index (χ4n) is 1.26. The smallest absolute Gasteiger partial charge is 0.374 e. The second-order valence-electron chi connectivity index (χ2n) is 3.62. The van der Waals surface area contributed by atoms with Crippen molar-refractivity contribution in [3.63, 3.8) is 0 Å². The van der Waals surface area contributed by atoms with Gasteiger partial charge in [-0.25, -0.2) is 4.98 Å². The van der Waals surface area contributed by atoms with Crippen LogP contribution in [-0.2, 0) is 15.7 Å². The number of hydrogen-bond donors (Lipinski definition) is 0. The molecule has 0 aliphatic rings. The number of carbonyl (C=O) groups excluding carboxylic acids is 1. The van der Waals surface area contributed by atoms with Gasteiger partial charge in [-0.2, -0.15) is 13.2 Å². The summed E-state index contributed by atoms with van der Waals surface area (Å²) in [4.78, 5) is 13.7. The van der Waals surface area contributed by atoms with E-state index < -0.39 is 18.0 Å². The molecule has 104 valence electrons. The van der Waals surface area contributed by atoms with Gasteiger partial charge in [-0.05, 0) is 18.6 Å². The number of alkyl halides is 3. The first-order valence-electron chi connectivity index (χ1n) is 5.27. The van der Waals surface area contributed by atoms with E-state index in [2.05, 4.69) is 4.98 Å². The van der Waals surface area contributed by atoms with Crippen molar-refractivity contribution in [2.75, 3.05) is 7.11 Å². The van der Waals surface area contributed by atoms with E-state index in [1.807, 2.05) is 0 Å². The summed E-state index contributed by atoms with van der Waals surface area (Å²) in [6.07, 6.45) is -1.10. The van der Waals surface area contributed by atoms with Gasteiger partial charge in [-0.1, -0.05) is 23.8 Å². The Morgan fingerprint density at radius 3 is 2.63 bits per heavy atom. The Morgan fingerprint density at radius 2 is 2.16 bits per heavy atom. The van der Waals surface area contributed by atoms with Crippen LogP contribution in [0.2, 0.25) is 5.15 Å². The zero-order valence-electron chi connectivity index (χ0n) is 9.95. The van der Waals surface area contributed by atoms with Crippen molar-refractivity contribution in [3.8, 4) is 0 Å². The van der Waals surface area contributed by atoms with E-state index in [4.69, 9.17) is 16.3 Å². The first kappa shape index (κ1) is 15.7. The molecule has 0 N–H and O–H groups in total. The normalized spacial score (nSPS) is 13.7. The summed E-state index contributed by atoms with van der Waals surface area (Å²) in [5.74, 6) is 0. The molecule has 0 spiro atoms. The number of carbonyl (C=O) groups is 1. The molecule has 1 aromatic heterocycles. The summed E-state index contributed by atoms with van der Waals surface area (Å²) in [5, 5.41) is -0.244. The lowest BCUT2D eigenvalue weighted by atomic mass is 10.2. The molecule has 0 saturated heterocycles. The topological polar surface area (TPSA) is 39.2 Å². The Bertz CT molecular complexity index is 475. The van der Waals surface area contributed by atoms with Crippen LogP contribution in [0.3, 0.4) is 0 Å². The first-order chi connectivity index (χ1) is 8.88. The summed E-state index contributed by atoms with van der Waals surface area (Å²) in [6.45, 7) is 0. The minimum absolute atomic E-state index is 0.244. The Morgan fingerprint density at radius 1 is 1.47 bits per heavy atom. The van der Waals surface area contributed by atoms with Crippen LogP contribution in [0.1, 0.15) is 17.7 Å². The number of pyridine rings is 1. The third kappa shape index (κ3) is 4.65. The summed E-state index contributed by atoms with van der Waals surface area (Å²) in [7, 11) is 1.39. The Balaban J connectivity index is 2.81. The molecule has 3 nitrogen and oxygen atoms in total. The highest BCUT2D eigenvalue weighted by Crippen LogP contribution is 2.29. The van der Waals surface area contributed by atoms with Gasteiger partial charge in [0.25, 0.3) is 0 Å². The molecule has 0 aromatic carbocycles. The quantitative estimate of drug-likeness (QED) is 0.617. The van der Waals surface area contributed by atoms with E-state index in [-0.39, 0.29) is 5.15 Å². The van der Waals surface area contributed by atoms with Gasteiger partial charge in [0.15, 0.2) is 0 Å². The number of halogens is 4. The number of aromatic nitrogens is 1. The average Bonchev–Trinajstić information content (AvgIpc) is 2.35. The predicted molar refractivity (Wildman–Crippen MR) is 64.8 cm³/mol. The van der Waals surface area contributed by atoms with Gasteiger partial charge in [0.05, 0.1) is 0 Å². The number of aldehydes is 1. The molecule has 1 aromatic rings. The van der Waals surface area contributed by atoms with Crippen molar-refractivity contribution in [2.45, 2.75) is 18.7 Å². The van der Waals surface area contributed by atoms with Crippen LogP contribution in [0.15, 0.2) is 18.2 Å². The van der Waals surface area contributed by atoms with Crippen LogP contribution in [-0.4, -0.2) is 24.5 Å². The van der Waals surface area contributed by atoms with E-state index in [1.54, 1.807) is 6.08 Å². The molecule has 0 aliphatic heterocycles. The number of methoxy groups -OCH3 is 1. The molecular formula is C12H11ClF3NO2. The molecule has 1 heterocycles. The third-order valence-corrected chi connectivity index (χ3v) is 2.59. The fourth-order valence-corrected chi connectivity index (χ4v) is 1.48. The summed E-state index contributed by atoms with van der Waals surface area (Å²) < 4.78 is 41.9. The Kier molecular flexibility index (Phi) is 5.50. The van der Waals surface area contributed by atoms with E-state index >= 15 is 0 Å². The minimum Gasteiger partial charge on any atom is -0.374 e. The van der Waals surface area contributed by atoms with Crippen molar-refractivity contribution in [2.24, 2.45) is 0 Å².